The maximum atomic E-state index is 11.7. The second-order valence-corrected chi connectivity index (χ2v) is 5.57. The van der Waals surface area contributed by atoms with Gasteiger partial charge in [-0.1, -0.05) is 32.0 Å². The van der Waals surface area contributed by atoms with E-state index in [-0.39, 0.29) is 18.4 Å². The lowest BCUT2D eigenvalue weighted by atomic mass is 9.70. The smallest absolute Gasteiger partial charge is 0.311 e. The summed E-state index contributed by atoms with van der Waals surface area (Å²) in [5.74, 6) is 0.156. The summed E-state index contributed by atoms with van der Waals surface area (Å²) in [6.45, 7) is 4.53. The number of rotatable bonds is 5. The molecule has 0 fully saturated rings. The molecule has 0 amide bonds. The van der Waals surface area contributed by atoms with Crippen molar-refractivity contribution in [2.24, 2.45) is 17.1 Å². The van der Waals surface area contributed by atoms with Crippen LogP contribution in [-0.4, -0.2) is 24.2 Å². The fourth-order valence-electron chi connectivity index (χ4n) is 2.81. The van der Waals surface area contributed by atoms with Gasteiger partial charge in [0.2, 0.25) is 0 Å². The highest BCUT2D eigenvalue weighted by Gasteiger charge is 2.44. The molecule has 0 radical (unpaired) electrons. The average molecular weight is 263 g/mol. The molecular weight excluding hydrogens is 242 g/mol. The van der Waals surface area contributed by atoms with Gasteiger partial charge in [-0.3, -0.25) is 4.79 Å². The topological polar surface area (TPSA) is 72.5 Å². The molecule has 1 aromatic carbocycles. The van der Waals surface area contributed by atoms with Gasteiger partial charge in [0.1, 0.15) is 5.75 Å². The summed E-state index contributed by atoms with van der Waals surface area (Å²) < 4.78 is 5.63. The van der Waals surface area contributed by atoms with Crippen molar-refractivity contribution in [1.29, 1.82) is 0 Å². The largest absolute Gasteiger partial charge is 0.493 e. The van der Waals surface area contributed by atoms with Gasteiger partial charge >= 0.3 is 5.97 Å². The van der Waals surface area contributed by atoms with E-state index in [9.17, 15) is 9.90 Å². The van der Waals surface area contributed by atoms with E-state index in [1.54, 1.807) is 0 Å². The maximum Gasteiger partial charge on any atom is 0.311 e. The molecule has 0 aliphatic carbocycles. The van der Waals surface area contributed by atoms with Crippen LogP contribution in [-0.2, 0) is 4.79 Å². The van der Waals surface area contributed by atoms with Crippen molar-refractivity contribution in [3.8, 4) is 5.75 Å². The van der Waals surface area contributed by atoms with Gasteiger partial charge in [-0.25, -0.2) is 0 Å². The third kappa shape index (κ3) is 2.32. The van der Waals surface area contributed by atoms with E-state index in [0.29, 0.717) is 13.0 Å². The highest BCUT2D eigenvalue weighted by Crippen LogP contribution is 2.43. The molecular formula is C15H21NO3. The summed E-state index contributed by atoms with van der Waals surface area (Å²) in [4.78, 5) is 11.7. The molecule has 2 atom stereocenters. The highest BCUT2D eigenvalue weighted by molar-refractivity contribution is 5.75. The van der Waals surface area contributed by atoms with E-state index in [1.165, 1.54) is 0 Å². The molecule has 1 aliphatic heterocycles. The van der Waals surface area contributed by atoms with Crippen LogP contribution in [0.1, 0.15) is 31.7 Å². The summed E-state index contributed by atoms with van der Waals surface area (Å²) in [7, 11) is 0. The quantitative estimate of drug-likeness (QED) is 0.854. The number of carboxylic acid groups (broad SMARTS) is 1. The number of para-hydroxylation sites is 1. The predicted molar refractivity (Wildman–Crippen MR) is 73.3 cm³/mol. The second kappa shape index (κ2) is 5.21. The van der Waals surface area contributed by atoms with Crippen LogP contribution in [0.25, 0.3) is 0 Å². The van der Waals surface area contributed by atoms with Gasteiger partial charge in [0, 0.05) is 18.0 Å². The maximum absolute atomic E-state index is 11.7. The molecule has 19 heavy (non-hydrogen) atoms. The summed E-state index contributed by atoms with van der Waals surface area (Å²) in [6, 6.07) is 7.82. The van der Waals surface area contributed by atoms with E-state index in [4.69, 9.17) is 10.5 Å². The van der Waals surface area contributed by atoms with Gasteiger partial charge in [0.15, 0.2) is 0 Å². The molecule has 0 aromatic heterocycles. The lowest BCUT2D eigenvalue weighted by Gasteiger charge is -2.34. The summed E-state index contributed by atoms with van der Waals surface area (Å²) in [5, 5.41) is 9.58. The molecule has 4 heteroatoms. The number of hydrogen-bond acceptors (Lipinski definition) is 3. The number of ether oxygens (including phenoxy) is 1. The number of hydrogen-bond donors (Lipinski definition) is 2. The molecule has 2 unspecified atom stereocenters. The molecule has 3 N–H and O–H groups in total. The van der Waals surface area contributed by atoms with Crippen molar-refractivity contribution >= 4 is 5.97 Å². The predicted octanol–water partition coefficient (Wildman–Crippen LogP) is 2.24. The van der Waals surface area contributed by atoms with Gasteiger partial charge in [-0.05, 0) is 18.4 Å². The van der Waals surface area contributed by atoms with Crippen LogP contribution in [0.5, 0.6) is 5.75 Å². The average Bonchev–Trinajstić information content (AvgIpc) is 2.78. The number of benzene rings is 1. The fraction of sp³-hybridized carbons (Fsp3) is 0.533. The first-order chi connectivity index (χ1) is 9.01. The normalized spacial score (nSPS) is 20.7. The van der Waals surface area contributed by atoms with Gasteiger partial charge < -0.3 is 15.6 Å². The first-order valence-electron chi connectivity index (χ1n) is 6.66. The summed E-state index contributed by atoms with van der Waals surface area (Å²) in [5.41, 5.74) is 6.00. The van der Waals surface area contributed by atoms with Crippen molar-refractivity contribution in [3.63, 3.8) is 0 Å². The molecule has 0 bridgehead atoms. The van der Waals surface area contributed by atoms with Crippen LogP contribution in [0.2, 0.25) is 0 Å². The standard InChI is InChI=1S/C15H21NO3/c1-10(2)15(9-16,14(17)18)7-11-8-19-13-6-4-3-5-12(11)13/h3-6,10-11H,7-9,16H2,1-2H3,(H,17,18). The molecule has 0 saturated carbocycles. The van der Waals surface area contributed by atoms with E-state index in [0.717, 1.165) is 11.3 Å². The van der Waals surface area contributed by atoms with Crippen molar-refractivity contribution in [2.75, 3.05) is 13.2 Å². The molecule has 0 spiro atoms. The van der Waals surface area contributed by atoms with Gasteiger partial charge in [-0.2, -0.15) is 0 Å². The minimum Gasteiger partial charge on any atom is -0.493 e. The zero-order valence-electron chi connectivity index (χ0n) is 11.4. The third-order valence-corrected chi connectivity index (χ3v) is 4.30. The number of carboxylic acids is 1. The van der Waals surface area contributed by atoms with Crippen LogP contribution < -0.4 is 10.5 Å². The van der Waals surface area contributed by atoms with Crippen molar-refractivity contribution < 1.29 is 14.6 Å². The van der Waals surface area contributed by atoms with Gasteiger partial charge in [-0.15, -0.1) is 0 Å². The first kappa shape index (κ1) is 13.9. The van der Waals surface area contributed by atoms with Crippen LogP contribution in [0.4, 0.5) is 0 Å². The monoisotopic (exact) mass is 263 g/mol. The second-order valence-electron chi connectivity index (χ2n) is 5.57. The third-order valence-electron chi connectivity index (χ3n) is 4.30. The van der Waals surface area contributed by atoms with Crippen molar-refractivity contribution in [3.05, 3.63) is 29.8 Å². The Bertz CT molecular complexity index is 472. The zero-order chi connectivity index (χ0) is 14.0. The Morgan fingerprint density at radius 2 is 2.21 bits per heavy atom. The Morgan fingerprint density at radius 3 is 2.79 bits per heavy atom. The van der Waals surface area contributed by atoms with E-state index in [2.05, 4.69) is 0 Å². The van der Waals surface area contributed by atoms with Crippen LogP contribution in [0.3, 0.4) is 0 Å². The van der Waals surface area contributed by atoms with Crippen molar-refractivity contribution in [1.82, 2.24) is 0 Å². The Balaban J connectivity index is 2.27. The molecule has 1 aliphatic rings. The molecule has 1 heterocycles. The molecule has 0 saturated heterocycles. The zero-order valence-corrected chi connectivity index (χ0v) is 11.4. The van der Waals surface area contributed by atoms with E-state index >= 15 is 0 Å². The number of carbonyl (C=O) groups is 1. The Kier molecular flexibility index (Phi) is 3.80. The van der Waals surface area contributed by atoms with Crippen LogP contribution in [0.15, 0.2) is 24.3 Å². The SMILES string of the molecule is CC(C)C(CN)(CC1COc2ccccc21)C(=O)O. The Hall–Kier alpha value is -1.55. The number of nitrogens with two attached hydrogens (primary N) is 1. The van der Waals surface area contributed by atoms with E-state index < -0.39 is 11.4 Å². The van der Waals surface area contributed by atoms with Crippen LogP contribution in [0, 0.1) is 11.3 Å². The van der Waals surface area contributed by atoms with Gasteiger partial charge in [0.25, 0.3) is 0 Å². The minimum atomic E-state index is -0.883. The minimum absolute atomic E-state index is 0.0113. The summed E-state index contributed by atoms with van der Waals surface area (Å²) >= 11 is 0. The lowest BCUT2D eigenvalue weighted by Crippen LogP contribution is -2.44. The van der Waals surface area contributed by atoms with Gasteiger partial charge in [0.05, 0.1) is 12.0 Å². The van der Waals surface area contributed by atoms with Crippen LogP contribution >= 0.6 is 0 Å². The number of aliphatic carboxylic acids is 1. The summed E-state index contributed by atoms with van der Waals surface area (Å²) in [6.07, 6.45) is 0.521. The van der Waals surface area contributed by atoms with Crippen molar-refractivity contribution in [2.45, 2.75) is 26.2 Å². The highest BCUT2D eigenvalue weighted by atomic mass is 16.5. The molecule has 4 nitrogen and oxygen atoms in total. The first-order valence-corrected chi connectivity index (χ1v) is 6.66. The molecule has 1 aromatic rings. The molecule has 2 rings (SSSR count). The number of fused-ring (bicyclic) bond motifs is 1. The lowest BCUT2D eigenvalue weighted by molar-refractivity contribution is -0.152. The molecule has 104 valence electrons. The Morgan fingerprint density at radius 1 is 1.53 bits per heavy atom. The fourth-order valence-corrected chi connectivity index (χ4v) is 2.81. The van der Waals surface area contributed by atoms with E-state index in [1.807, 2.05) is 38.1 Å². The Labute approximate surface area is 113 Å².